The van der Waals surface area contributed by atoms with Crippen molar-refractivity contribution in [2.45, 2.75) is 39.7 Å². The second-order valence-electron chi connectivity index (χ2n) is 4.56. The molecule has 0 saturated heterocycles. The summed E-state index contributed by atoms with van der Waals surface area (Å²) in [5, 5.41) is 3.43. The van der Waals surface area contributed by atoms with Crippen molar-refractivity contribution >= 4 is 21.4 Å². The highest BCUT2D eigenvalue weighted by atomic mass is 32.2. The van der Waals surface area contributed by atoms with Gasteiger partial charge in [0, 0.05) is 11.7 Å². The fraction of sp³-hybridized carbons (Fsp3) is 0.538. The Labute approximate surface area is 110 Å². The van der Waals surface area contributed by atoms with Crippen LogP contribution in [0.4, 0.5) is 11.4 Å². The molecular formula is C13H22N2O2S. The average molecular weight is 270 g/mol. The van der Waals surface area contributed by atoms with E-state index in [1.165, 1.54) is 0 Å². The van der Waals surface area contributed by atoms with Crippen LogP contribution in [0.2, 0.25) is 0 Å². The molecule has 4 nitrogen and oxygen atoms in total. The zero-order valence-electron chi connectivity index (χ0n) is 11.4. The van der Waals surface area contributed by atoms with Crippen LogP contribution in [-0.4, -0.2) is 20.7 Å². The van der Waals surface area contributed by atoms with Gasteiger partial charge < -0.3 is 5.32 Å². The van der Waals surface area contributed by atoms with Gasteiger partial charge in [0.2, 0.25) is 10.0 Å². The Hall–Kier alpha value is -1.23. The SMILES string of the molecule is CCC(CC)Nc1ccc(NS(C)(=O)=O)c(C)c1. The molecule has 0 bridgehead atoms. The first-order valence-electron chi connectivity index (χ1n) is 6.20. The highest BCUT2D eigenvalue weighted by molar-refractivity contribution is 7.92. The van der Waals surface area contributed by atoms with Crippen LogP contribution in [0, 0.1) is 6.92 Å². The van der Waals surface area contributed by atoms with Crippen LogP contribution in [0.5, 0.6) is 0 Å². The number of hydrogen-bond donors (Lipinski definition) is 2. The van der Waals surface area contributed by atoms with E-state index in [2.05, 4.69) is 23.9 Å². The quantitative estimate of drug-likeness (QED) is 0.835. The Bertz CT molecular complexity index is 494. The third-order valence-corrected chi connectivity index (χ3v) is 3.47. The highest BCUT2D eigenvalue weighted by Crippen LogP contribution is 2.21. The van der Waals surface area contributed by atoms with Crippen LogP contribution in [0.1, 0.15) is 32.3 Å². The van der Waals surface area contributed by atoms with Crippen molar-refractivity contribution in [3.8, 4) is 0 Å². The van der Waals surface area contributed by atoms with Gasteiger partial charge in [-0.15, -0.1) is 0 Å². The second-order valence-corrected chi connectivity index (χ2v) is 6.31. The fourth-order valence-corrected chi connectivity index (χ4v) is 2.42. The number of rotatable bonds is 6. The van der Waals surface area contributed by atoms with Gasteiger partial charge in [-0.2, -0.15) is 0 Å². The lowest BCUT2D eigenvalue weighted by Crippen LogP contribution is -2.17. The summed E-state index contributed by atoms with van der Waals surface area (Å²) in [5.74, 6) is 0. The van der Waals surface area contributed by atoms with Crippen LogP contribution in [0.25, 0.3) is 0 Å². The van der Waals surface area contributed by atoms with Crippen molar-refractivity contribution in [2.24, 2.45) is 0 Å². The first kappa shape index (κ1) is 14.8. The summed E-state index contributed by atoms with van der Waals surface area (Å²) >= 11 is 0. The molecule has 0 spiro atoms. The smallest absolute Gasteiger partial charge is 0.229 e. The summed E-state index contributed by atoms with van der Waals surface area (Å²) in [7, 11) is -3.22. The third kappa shape index (κ3) is 4.56. The van der Waals surface area contributed by atoms with Gasteiger partial charge in [-0.25, -0.2) is 8.42 Å². The lowest BCUT2D eigenvalue weighted by molar-refractivity contribution is 0.607. The van der Waals surface area contributed by atoms with Gasteiger partial charge in [-0.3, -0.25) is 4.72 Å². The molecule has 0 aliphatic heterocycles. The van der Waals surface area contributed by atoms with Gasteiger partial charge in [-0.05, 0) is 43.5 Å². The molecule has 0 fully saturated rings. The third-order valence-electron chi connectivity index (χ3n) is 2.88. The molecule has 0 aromatic heterocycles. The summed E-state index contributed by atoms with van der Waals surface area (Å²) in [4.78, 5) is 0. The van der Waals surface area contributed by atoms with Crippen molar-refractivity contribution in [3.05, 3.63) is 23.8 Å². The zero-order chi connectivity index (χ0) is 13.8. The Balaban J connectivity index is 2.85. The van der Waals surface area contributed by atoms with E-state index >= 15 is 0 Å². The maximum absolute atomic E-state index is 11.2. The zero-order valence-corrected chi connectivity index (χ0v) is 12.3. The van der Waals surface area contributed by atoms with E-state index in [-0.39, 0.29) is 0 Å². The van der Waals surface area contributed by atoms with E-state index in [4.69, 9.17) is 0 Å². The van der Waals surface area contributed by atoms with Crippen molar-refractivity contribution in [1.82, 2.24) is 0 Å². The largest absolute Gasteiger partial charge is 0.382 e. The molecule has 0 aliphatic rings. The van der Waals surface area contributed by atoms with Crippen LogP contribution < -0.4 is 10.0 Å². The van der Waals surface area contributed by atoms with Crippen LogP contribution in [-0.2, 0) is 10.0 Å². The van der Waals surface area contributed by atoms with E-state index in [1.807, 2.05) is 19.1 Å². The van der Waals surface area contributed by atoms with Crippen molar-refractivity contribution < 1.29 is 8.42 Å². The standard InChI is InChI=1S/C13H22N2O2S/c1-5-11(6-2)14-12-7-8-13(10(3)9-12)15-18(4,16)17/h7-9,11,14-15H,5-6H2,1-4H3. The minimum atomic E-state index is -3.22. The van der Waals surface area contributed by atoms with E-state index in [9.17, 15) is 8.42 Å². The van der Waals surface area contributed by atoms with Crippen molar-refractivity contribution in [3.63, 3.8) is 0 Å². The molecule has 18 heavy (non-hydrogen) atoms. The van der Waals surface area contributed by atoms with Crippen molar-refractivity contribution in [1.29, 1.82) is 0 Å². The second kappa shape index (κ2) is 6.09. The van der Waals surface area contributed by atoms with Crippen LogP contribution in [0.15, 0.2) is 18.2 Å². The number of hydrogen-bond acceptors (Lipinski definition) is 3. The average Bonchev–Trinajstić information content (AvgIpc) is 2.28. The predicted molar refractivity (Wildman–Crippen MR) is 77.6 cm³/mol. The van der Waals surface area contributed by atoms with Crippen LogP contribution in [0.3, 0.4) is 0 Å². The van der Waals surface area contributed by atoms with E-state index in [0.29, 0.717) is 11.7 Å². The molecule has 102 valence electrons. The molecule has 0 aliphatic carbocycles. The Morgan fingerprint density at radius 1 is 1.22 bits per heavy atom. The maximum Gasteiger partial charge on any atom is 0.229 e. The Morgan fingerprint density at radius 3 is 2.28 bits per heavy atom. The highest BCUT2D eigenvalue weighted by Gasteiger charge is 2.07. The number of benzene rings is 1. The lowest BCUT2D eigenvalue weighted by Gasteiger charge is -2.17. The summed E-state index contributed by atoms with van der Waals surface area (Å²) in [6.45, 7) is 6.19. The van der Waals surface area contributed by atoms with Gasteiger partial charge in [0.05, 0.1) is 11.9 Å². The monoisotopic (exact) mass is 270 g/mol. The summed E-state index contributed by atoms with van der Waals surface area (Å²) < 4.78 is 24.9. The summed E-state index contributed by atoms with van der Waals surface area (Å²) in [6.07, 6.45) is 3.29. The molecule has 2 N–H and O–H groups in total. The first-order valence-corrected chi connectivity index (χ1v) is 8.09. The normalized spacial score (nSPS) is 11.6. The number of aryl methyl sites for hydroxylation is 1. The van der Waals surface area contributed by atoms with Gasteiger partial charge in [0.25, 0.3) is 0 Å². The molecule has 1 aromatic rings. The lowest BCUT2D eigenvalue weighted by atomic mass is 10.1. The molecular weight excluding hydrogens is 248 g/mol. The number of anilines is 2. The van der Waals surface area contributed by atoms with Gasteiger partial charge in [0.1, 0.15) is 0 Å². The molecule has 0 amide bonds. The van der Waals surface area contributed by atoms with E-state index in [1.54, 1.807) is 6.07 Å². The molecule has 0 heterocycles. The first-order chi connectivity index (χ1) is 8.35. The van der Waals surface area contributed by atoms with Gasteiger partial charge in [0.15, 0.2) is 0 Å². The summed E-state index contributed by atoms with van der Waals surface area (Å²) in [6, 6.07) is 6.12. The predicted octanol–water partition coefficient (Wildman–Crippen LogP) is 2.97. The minimum Gasteiger partial charge on any atom is -0.382 e. The topological polar surface area (TPSA) is 58.2 Å². The number of nitrogens with one attached hydrogen (secondary N) is 2. The minimum absolute atomic E-state index is 0.457. The molecule has 0 unspecified atom stereocenters. The molecule has 1 aromatic carbocycles. The van der Waals surface area contributed by atoms with E-state index in [0.717, 1.165) is 30.3 Å². The molecule has 0 radical (unpaired) electrons. The van der Waals surface area contributed by atoms with Crippen LogP contribution >= 0.6 is 0 Å². The maximum atomic E-state index is 11.2. The van der Waals surface area contributed by atoms with Gasteiger partial charge in [-0.1, -0.05) is 13.8 Å². The molecule has 5 heteroatoms. The number of sulfonamides is 1. The van der Waals surface area contributed by atoms with E-state index < -0.39 is 10.0 Å². The molecule has 0 atom stereocenters. The molecule has 0 saturated carbocycles. The Morgan fingerprint density at radius 2 is 1.83 bits per heavy atom. The summed E-state index contributed by atoms with van der Waals surface area (Å²) in [5.41, 5.74) is 2.57. The Kier molecular flexibility index (Phi) is 5.02. The van der Waals surface area contributed by atoms with Crippen molar-refractivity contribution in [2.75, 3.05) is 16.3 Å². The fourth-order valence-electron chi connectivity index (χ4n) is 1.80. The molecule has 1 rings (SSSR count). The van der Waals surface area contributed by atoms with Gasteiger partial charge >= 0.3 is 0 Å².